The van der Waals surface area contributed by atoms with Crippen molar-refractivity contribution in [1.82, 2.24) is 14.9 Å². The Morgan fingerprint density at radius 3 is 3.33 bits per heavy atom. The van der Waals surface area contributed by atoms with Gasteiger partial charge < -0.3 is 14.6 Å². The van der Waals surface area contributed by atoms with Crippen LogP contribution in [0, 0.1) is 0 Å². The Kier molecular flexibility index (Phi) is 3.75. The van der Waals surface area contributed by atoms with E-state index in [9.17, 15) is 0 Å². The smallest absolute Gasteiger partial charge is 0.0950 e. The molecule has 0 amide bonds. The first-order valence-electron chi connectivity index (χ1n) is 5.65. The molecule has 1 saturated heterocycles. The van der Waals surface area contributed by atoms with E-state index in [1.807, 2.05) is 13.4 Å². The molecule has 1 aliphatic rings. The number of nitrogens with one attached hydrogen (secondary N) is 1. The predicted octanol–water partition coefficient (Wildman–Crippen LogP) is 0.824. The van der Waals surface area contributed by atoms with Gasteiger partial charge in [-0.15, -0.1) is 0 Å². The van der Waals surface area contributed by atoms with Crippen molar-refractivity contribution in [2.24, 2.45) is 0 Å². The zero-order valence-electron chi connectivity index (χ0n) is 9.28. The fraction of sp³-hybridized carbons (Fsp3) is 0.727. The molecule has 0 bridgehead atoms. The van der Waals surface area contributed by atoms with Gasteiger partial charge in [0.15, 0.2) is 0 Å². The fourth-order valence-corrected chi connectivity index (χ4v) is 1.91. The van der Waals surface area contributed by atoms with Crippen molar-refractivity contribution in [3.05, 3.63) is 18.2 Å². The van der Waals surface area contributed by atoms with E-state index in [0.717, 1.165) is 31.8 Å². The van der Waals surface area contributed by atoms with E-state index in [4.69, 9.17) is 4.74 Å². The van der Waals surface area contributed by atoms with E-state index in [-0.39, 0.29) is 0 Å². The van der Waals surface area contributed by atoms with Crippen molar-refractivity contribution in [2.45, 2.75) is 31.9 Å². The van der Waals surface area contributed by atoms with Gasteiger partial charge in [0.05, 0.1) is 18.1 Å². The van der Waals surface area contributed by atoms with Crippen LogP contribution in [0.3, 0.4) is 0 Å². The molecule has 1 unspecified atom stereocenters. The van der Waals surface area contributed by atoms with E-state index in [1.54, 1.807) is 0 Å². The van der Waals surface area contributed by atoms with Crippen LogP contribution in [-0.2, 0) is 17.7 Å². The lowest BCUT2D eigenvalue weighted by molar-refractivity contribution is 0.0970. The summed E-state index contributed by atoms with van der Waals surface area (Å²) in [5.41, 5.74) is 1.15. The molecule has 4 heteroatoms. The Bertz CT molecular complexity index is 292. The number of rotatable bonds is 5. The number of hydrogen-bond acceptors (Lipinski definition) is 3. The van der Waals surface area contributed by atoms with Crippen molar-refractivity contribution in [2.75, 3.05) is 20.2 Å². The third-order valence-electron chi connectivity index (χ3n) is 2.76. The minimum atomic E-state index is 0.399. The van der Waals surface area contributed by atoms with E-state index in [1.165, 1.54) is 12.8 Å². The molecule has 84 valence electrons. The summed E-state index contributed by atoms with van der Waals surface area (Å²) < 4.78 is 7.73. The van der Waals surface area contributed by atoms with Crippen LogP contribution >= 0.6 is 0 Å². The molecule has 1 aromatic heterocycles. The van der Waals surface area contributed by atoms with Crippen LogP contribution in [0.4, 0.5) is 0 Å². The summed E-state index contributed by atoms with van der Waals surface area (Å²) in [6.45, 7) is 2.86. The van der Waals surface area contributed by atoms with E-state index < -0.39 is 0 Å². The number of likely N-dealkylation sites (N-methyl/N-ethyl adjacent to an activating group) is 1. The second-order valence-corrected chi connectivity index (χ2v) is 4.05. The highest BCUT2D eigenvalue weighted by Gasteiger charge is 2.15. The molecular formula is C11H19N3O. The largest absolute Gasteiger partial charge is 0.376 e. The van der Waals surface area contributed by atoms with E-state index in [2.05, 4.69) is 21.1 Å². The highest BCUT2D eigenvalue weighted by Crippen LogP contribution is 2.14. The lowest BCUT2D eigenvalue weighted by Crippen LogP contribution is -2.13. The Labute approximate surface area is 90.6 Å². The Morgan fingerprint density at radius 2 is 2.60 bits per heavy atom. The molecular weight excluding hydrogens is 190 g/mol. The van der Waals surface area contributed by atoms with Crippen LogP contribution in [0.25, 0.3) is 0 Å². The van der Waals surface area contributed by atoms with Crippen molar-refractivity contribution in [3.8, 4) is 0 Å². The maximum Gasteiger partial charge on any atom is 0.0950 e. The van der Waals surface area contributed by atoms with Crippen LogP contribution in [0.15, 0.2) is 12.5 Å². The number of hydrogen-bond donors (Lipinski definition) is 1. The average Bonchev–Trinajstić information content (AvgIpc) is 2.87. The molecule has 1 aromatic rings. The monoisotopic (exact) mass is 209 g/mol. The van der Waals surface area contributed by atoms with Crippen LogP contribution in [0.1, 0.15) is 18.5 Å². The van der Waals surface area contributed by atoms with Gasteiger partial charge in [0.1, 0.15) is 0 Å². The average molecular weight is 209 g/mol. The molecule has 15 heavy (non-hydrogen) atoms. The SMILES string of the molecule is CNCCc1cn(CC2CCCO2)cn1. The molecule has 4 nitrogen and oxygen atoms in total. The molecule has 1 fully saturated rings. The molecule has 2 heterocycles. The normalized spacial score (nSPS) is 21.0. The number of nitrogens with zero attached hydrogens (tertiary/aromatic N) is 2. The third kappa shape index (κ3) is 3.04. The van der Waals surface area contributed by atoms with Gasteiger partial charge in [-0.1, -0.05) is 0 Å². The summed E-state index contributed by atoms with van der Waals surface area (Å²) in [4.78, 5) is 4.36. The molecule has 0 spiro atoms. The summed E-state index contributed by atoms with van der Waals surface area (Å²) in [5, 5.41) is 3.12. The van der Waals surface area contributed by atoms with E-state index in [0.29, 0.717) is 6.10 Å². The maximum absolute atomic E-state index is 5.59. The van der Waals surface area contributed by atoms with Crippen molar-refractivity contribution < 1.29 is 4.74 Å². The Balaban J connectivity index is 1.83. The highest BCUT2D eigenvalue weighted by molar-refractivity contribution is 4.97. The fourth-order valence-electron chi connectivity index (χ4n) is 1.91. The van der Waals surface area contributed by atoms with Gasteiger partial charge in [-0.3, -0.25) is 0 Å². The van der Waals surface area contributed by atoms with E-state index >= 15 is 0 Å². The van der Waals surface area contributed by atoms with Gasteiger partial charge in [-0.2, -0.15) is 0 Å². The lowest BCUT2D eigenvalue weighted by atomic mass is 10.2. The molecule has 1 N–H and O–H groups in total. The van der Waals surface area contributed by atoms with Gasteiger partial charge in [0.25, 0.3) is 0 Å². The summed E-state index contributed by atoms with van der Waals surface area (Å²) in [7, 11) is 1.96. The highest BCUT2D eigenvalue weighted by atomic mass is 16.5. The van der Waals surface area contributed by atoms with Crippen LogP contribution in [0.2, 0.25) is 0 Å². The first-order chi connectivity index (χ1) is 7.38. The number of ether oxygens (including phenoxy) is 1. The molecule has 0 radical (unpaired) electrons. The minimum absolute atomic E-state index is 0.399. The molecule has 2 rings (SSSR count). The summed E-state index contributed by atoms with van der Waals surface area (Å²) in [6.07, 6.45) is 7.81. The quantitative estimate of drug-likeness (QED) is 0.780. The minimum Gasteiger partial charge on any atom is -0.376 e. The topological polar surface area (TPSA) is 39.1 Å². The predicted molar refractivity (Wildman–Crippen MR) is 58.8 cm³/mol. The number of imidazole rings is 1. The van der Waals surface area contributed by atoms with Crippen molar-refractivity contribution in [1.29, 1.82) is 0 Å². The van der Waals surface area contributed by atoms with Crippen molar-refractivity contribution >= 4 is 0 Å². The Morgan fingerprint density at radius 1 is 1.67 bits per heavy atom. The first-order valence-corrected chi connectivity index (χ1v) is 5.65. The second kappa shape index (κ2) is 5.28. The van der Waals surface area contributed by atoms with Crippen LogP contribution in [0.5, 0.6) is 0 Å². The Hall–Kier alpha value is -0.870. The summed E-state index contributed by atoms with van der Waals surface area (Å²) in [6, 6.07) is 0. The van der Waals surface area contributed by atoms with Gasteiger partial charge in [0.2, 0.25) is 0 Å². The maximum atomic E-state index is 5.59. The molecule has 0 aromatic carbocycles. The molecule has 0 aliphatic carbocycles. The van der Waals surface area contributed by atoms with Gasteiger partial charge in [-0.05, 0) is 19.9 Å². The second-order valence-electron chi connectivity index (χ2n) is 4.05. The van der Waals surface area contributed by atoms with Gasteiger partial charge in [0, 0.05) is 32.3 Å². The first kappa shape index (κ1) is 10.6. The molecule has 1 atom stereocenters. The standard InChI is InChI=1S/C11H19N3O/c1-12-5-4-10-7-14(9-13-10)8-11-3-2-6-15-11/h7,9,11-12H,2-6,8H2,1H3. The molecule has 0 saturated carbocycles. The molecule has 1 aliphatic heterocycles. The van der Waals surface area contributed by atoms with Gasteiger partial charge >= 0.3 is 0 Å². The lowest BCUT2D eigenvalue weighted by Gasteiger charge is -2.08. The van der Waals surface area contributed by atoms with Crippen LogP contribution in [-0.4, -0.2) is 35.9 Å². The van der Waals surface area contributed by atoms with Gasteiger partial charge in [-0.25, -0.2) is 4.98 Å². The van der Waals surface area contributed by atoms with Crippen molar-refractivity contribution in [3.63, 3.8) is 0 Å². The zero-order chi connectivity index (χ0) is 10.5. The third-order valence-corrected chi connectivity index (χ3v) is 2.76. The summed E-state index contributed by atoms with van der Waals surface area (Å²) >= 11 is 0. The van der Waals surface area contributed by atoms with Crippen LogP contribution < -0.4 is 5.32 Å². The summed E-state index contributed by atoms with van der Waals surface area (Å²) in [5.74, 6) is 0. The zero-order valence-corrected chi connectivity index (χ0v) is 9.28. The number of aromatic nitrogens is 2.